The molecule has 0 saturated heterocycles. The molecule has 0 fully saturated rings. The highest BCUT2D eigenvalue weighted by atomic mass is 28.4. The predicted molar refractivity (Wildman–Crippen MR) is 109 cm³/mol. The molecule has 2 aromatic carbocycles. The number of rotatable bonds is 11. The van der Waals surface area contributed by atoms with E-state index < -0.39 is 8.56 Å². The Hall–Kier alpha value is -1.58. The summed E-state index contributed by atoms with van der Waals surface area (Å²) in [6.07, 6.45) is 7.69. The Bertz CT molecular complexity index is 610. The number of benzene rings is 2. The summed E-state index contributed by atoms with van der Waals surface area (Å²) in [6.45, 7) is 7.32. The molecule has 0 heterocycles. The second-order valence-corrected chi connectivity index (χ2v) is 10.3. The molecular weight excluding hydrogens is 324 g/mol. The zero-order chi connectivity index (χ0) is 18.0. The van der Waals surface area contributed by atoms with Crippen molar-refractivity contribution >= 4 is 8.56 Å². The molecule has 0 unspecified atom stereocenters. The largest absolute Gasteiger partial charge is 0.520 e. The van der Waals surface area contributed by atoms with Gasteiger partial charge in [-0.2, -0.15) is 0 Å². The van der Waals surface area contributed by atoms with Crippen molar-refractivity contribution in [3.8, 4) is 16.9 Å². The zero-order valence-corrected chi connectivity index (χ0v) is 17.0. The lowest BCUT2D eigenvalue weighted by Gasteiger charge is -2.25. The Morgan fingerprint density at radius 3 is 2.16 bits per heavy atom. The number of hydrogen-bond acceptors (Lipinski definition) is 2. The second-order valence-electron chi connectivity index (χ2n) is 6.98. The van der Waals surface area contributed by atoms with Crippen LogP contribution in [0.1, 0.15) is 45.4 Å². The maximum Gasteiger partial charge on any atom is 0.392 e. The van der Waals surface area contributed by atoms with E-state index in [9.17, 15) is 0 Å². The van der Waals surface area contributed by atoms with Crippen LogP contribution in [0.4, 0.5) is 0 Å². The second kappa shape index (κ2) is 10.4. The molecule has 25 heavy (non-hydrogen) atoms. The van der Waals surface area contributed by atoms with Gasteiger partial charge in [-0.15, -0.1) is 0 Å². The molecule has 0 N–H and O–H groups in total. The average molecular weight is 357 g/mol. The molecule has 0 amide bonds. The molecule has 0 spiro atoms. The lowest BCUT2D eigenvalue weighted by Crippen LogP contribution is -2.38. The van der Waals surface area contributed by atoms with E-state index in [1.807, 2.05) is 18.2 Å². The molecule has 2 aromatic rings. The van der Waals surface area contributed by atoms with Gasteiger partial charge >= 0.3 is 8.56 Å². The topological polar surface area (TPSA) is 18.5 Å². The van der Waals surface area contributed by atoms with Crippen LogP contribution in [0.3, 0.4) is 0 Å². The zero-order valence-electron chi connectivity index (χ0n) is 16.0. The third kappa shape index (κ3) is 7.05. The van der Waals surface area contributed by atoms with Crippen LogP contribution in [-0.4, -0.2) is 15.2 Å². The predicted octanol–water partition coefficient (Wildman–Crippen LogP) is 6.81. The monoisotopic (exact) mass is 356 g/mol. The van der Waals surface area contributed by atoms with E-state index in [1.54, 1.807) is 0 Å². The molecular formula is C22H32O2Si. The van der Waals surface area contributed by atoms with Crippen molar-refractivity contribution in [2.45, 2.75) is 58.5 Å². The molecule has 2 rings (SSSR count). The Morgan fingerprint density at radius 1 is 0.760 bits per heavy atom. The molecule has 0 aliphatic carbocycles. The average Bonchev–Trinajstić information content (AvgIpc) is 2.62. The Kier molecular flexibility index (Phi) is 8.22. The van der Waals surface area contributed by atoms with Gasteiger partial charge in [-0.3, -0.25) is 0 Å². The third-order valence-electron chi connectivity index (χ3n) is 4.28. The summed E-state index contributed by atoms with van der Waals surface area (Å²) in [5.41, 5.74) is 2.31. The number of hydrogen-bond donors (Lipinski definition) is 0. The molecule has 0 radical (unpaired) electrons. The first-order chi connectivity index (χ1) is 12.1. The fourth-order valence-electron chi connectivity index (χ4n) is 2.91. The van der Waals surface area contributed by atoms with Gasteiger partial charge in [0.05, 0.1) is 0 Å². The van der Waals surface area contributed by atoms with Gasteiger partial charge in [-0.1, -0.05) is 87.6 Å². The van der Waals surface area contributed by atoms with Gasteiger partial charge in [0, 0.05) is 12.2 Å². The molecule has 0 saturated carbocycles. The van der Waals surface area contributed by atoms with Gasteiger partial charge in [-0.25, -0.2) is 0 Å². The molecule has 3 heteroatoms. The smallest absolute Gasteiger partial charge is 0.392 e. The highest BCUT2D eigenvalue weighted by Crippen LogP contribution is 2.31. The molecule has 0 bridgehead atoms. The number of unbranched alkanes of at least 4 members (excludes halogenated alkanes) is 5. The SMILES string of the molecule is CCCCCCCCO[Si](C)(C)Oc1ccccc1-c1ccccc1. The lowest BCUT2D eigenvalue weighted by atomic mass is 10.1. The van der Waals surface area contributed by atoms with Gasteiger partial charge in [-0.05, 0) is 31.1 Å². The van der Waals surface area contributed by atoms with Crippen molar-refractivity contribution in [1.82, 2.24) is 0 Å². The highest BCUT2D eigenvalue weighted by molar-refractivity contribution is 6.65. The lowest BCUT2D eigenvalue weighted by molar-refractivity contribution is 0.241. The van der Waals surface area contributed by atoms with Crippen molar-refractivity contribution in [3.63, 3.8) is 0 Å². The van der Waals surface area contributed by atoms with Crippen LogP contribution in [0.15, 0.2) is 54.6 Å². The molecule has 2 nitrogen and oxygen atoms in total. The maximum atomic E-state index is 6.35. The standard InChI is InChI=1S/C22H32O2Si/c1-4-5-6-7-8-14-19-23-25(2,3)24-22-18-13-12-17-21(22)20-15-10-9-11-16-20/h9-13,15-18H,4-8,14,19H2,1-3H3. The first kappa shape index (κ1) is 19.7. The summed E-state index contributed by atoms with van der Waals surface area (Å²) in [5.74, 6) is 0.924. The number of para-hydroxylation sites is 1. The van der Waals surface area contributed by atoms with Crippen LogP contribution < -0.4 is 4.43 Å². The first-order valence-corrected chi connectivity index (χ1v) is 12.4. The minimum absolute atomic E-state index is 0.804. The van der Waals surface area contributed by atoms with Gasteiger partial charge in [0.1, 0.15) is 5.75 Å². The van der Waals surface area contributed by atoms with E-state index in [4.69, 9.17) is 8.85 Å². The van der Waals surface area contributed by atoms with Crippen molar-refractivity contribution in [1.29, 1.82) is 0 Å². The van der Waals surface area contributed by atoms with E-state index in [-0.39, 0.29) is 0 Å². The molecule has 136 valence electrons. The van der Waals surface area contributed by atoms with Crippen molar-refractivity contribution < 1.29 is 8.85 Å². The van der Waals surface area contributed by atoms with Gasteiger partial charge in [0.15, 0.2) is 0 Å². The normalized spacial score (nSPS) is 11.5. The summed E-state index contributed by atoms with van der Waals surface area (Å²) in [6, 6.07) is 18.6. The fraction of sp³-hybridized carbons (Fsp3) is 0.455. The van der Waals surface area contributed by atoms with E-state index >= 15 is 0 Å². The van der Waals surface area contributed by atoms with Crippen molar-refractivity contribution in [2.24, 2.45) is 0 Å². The minimum atomic E-state index is -2.18. The Labute approximate surface area is 154 Å². The van der Waals surface area contributed by atoms with Crippen molar-refractivity contribution in [3.05, 3.63) is 54.6 Å². The van der Waals surface area contributed by atoms with Gasteiger partial charge in [0.2, 0.25) is 0 Å². The third-order valence-corrected chi connectivity index (χ3v) is 5.89. The summed E-state index contributed by atoms with van der Waals surface area (Å²) in [5, 5.41) is 0. The first-order valence-electron chi connectivity index (χ1n) is 9.60. The molecule has 0 aliphatic heterocycles. The van der Waals surface area contributed by atoms with E-state index in [0.29, 0.717) is 0 Å². The summed E-state index contributed by atoms with van der Waals surface area (Å²) in [7, 11) is -2.18. The van der Waals surface area contributed by atoms with Gasteiger partial charge in [0.25, 0.3) is 0 Å². The van der Waals surface area contributed by atoms with E-state index in [0.717, 1.165) is 24.3 Å². The van der Waals surface area contributed by atoms with Crippen LogP contribution in [0, 0.1) is 0 Å². The van der Waals surface area contributed by atoms with Gasteiger partial charge < -0.3 is 8.85 Å². The van der Waals surface area contributed by atoms with Crippen LogP contribution >= 0.6 is 0 Å². The summed E-state index contributed by atoms with van der Waals surface area (Å²) < 4.78 is 12.5. The van der Waals surface area contributed by atoms with Crippen LogP contribution in [0.2, 0.25) is 13.1 Å². The quantitative estimate of drug-likeness (QED) is 0.325. The Balaban J connectivity index is 1.88. The Morgan fingerprint density at radius 2 is 1.40 bits per heavy atom. The minimum Gasteiger partial charge on any atom is -0.520 e. The van der Waals surface area contributed by atoms with E-state index in [1.165, 1.54) is 37.7 Å². The summed E-state index contributed by atoms with van der Waals surface area (Å²) in [4.78, 5) is 0. The van der Waals surface area contributed by atoms with Crippen LogP contribution in [0.5, 0.6) is 5.75 Å². The molecule has 0 atom stereocenters. The fourth-order valence-corrected chi connectivity index (χ4v) is 4.31. The van der Waals surface area contributed by atoms with Crippen LogP contribution in [0.25, 0.3) is 11.1 Å². The van der Waals surface area contributed by atoms with Crippen LogP contribution in [-0.2, 0) is 4.43 Å². The van der Waals surface area contributed by atoms with E-state index in [2.05, 4.69) is 56.4 Å². The molecule has 0 aliphatic rings. The van der Waals surface area contributed by atoms with Crippen molar-refractivity contribution in [2.75, 3.05) is 6.61 Å². The highest BCUT2D eigenvalue weighted by Gasteiger charge is 2.27. The summed E-state index contributed by atoms with van der Waals surface area (Å²) >= 11 is 0. The maximum absolute atomic E-state index is 6.35. The molecule has 0 aromatic heterocycles.